The van der Waals surface area contributed by atoms with Crippen LogP contribution in [-0.4, -0.2) is 16.1 Å². The third-order valence-electron chi connectivity index (χ3n) is 3.38. The number of alkyl halides is 1. The van der Waals surface area contributed by atoms with E-state index >= 15 is 0 Å². The zero-order chi connectivity index (χ0) is 16.2. The van der Waals surface area contributed by atoms with Crippen molar-refractivity contribution in [1.29, 1.82) is 0 Å². The van der Waals surface area contributed by atoms with Crippen LogP contribution < -0.4 is 4.74 Å². The van der Waals surface area contributed by atoms with E-state index in [9.17, 15) is 4.79 Å². The molecular formula is C18H13BrClNO2. The first-order valence-corrected chi connectivity index (χ1v) is 8.53. The van der Waals surface area contributed by atoms with Gasteiger partial charge in [0.2, 0.25) is 0 Å². The molecule has 0 radical (unpaired) electrons. The standard InChI is InChI=1S/C18H13BrClNO2/c19-10-18(22)13-2-1-3-16(8-13)23-11-15-7-5-12-4-6-14(20)9-17(12)21-15/h1-9H,10-11H2. The molecule has 0 spiro atoms. The maximum absolute atomic E-state index is 11.7. The van der Waals surface area contributed by atoms with Gasteiger partial charge in [0.1, 0.15) is 12.4 Å². The predicted molar refractivity (Wildman–Crippen MR) is 95.7 cm³/mol. The van der Waals surface area contributed by atoms with Crippen LogP contribution in [0.3, 0.4) is 0 Å². The molecule has 0 aliphatic carbocycles. The van der Waals surface area contributed by atoms with E-state index in [0.29, 0.717) is 28.3 Å². The number of Topliss-reactive ketones (excluding diaryl/α,β-unsaturated/α-hetero) is 1. The molecular weight excluding hydrogens is 378 g/mol. The minimum atomic E-state index is 0.0222. The molecule has 2 aromatic carbocycles. The lowest BCUT2D eigenvalue weighted by Gasteiger charge is -2.08. The largest absolute Gasteiger partial charge is 0.487 e. The molecule has 0 unspecified atom stereocenters. The molecule has 0 atom stereocenters. The van der Waals surface area contributed by atoms with E-state index in [1.165, 1.54) is 0 Å². The van der Waals surface area contributed by atoms with Gasteiger partial charge in [-0.05, 0) is 30.3 Å². The number of halogens is 2. The average Bonchev–Trinajstić information content (AvgIpc) is 2.59. The van der Waals surface area contributed by atoms with Crippen LogP contribution in [0.4, 0.5) is 0 Å². The van der Waals surface area contributed by atoms with Crippen LogP contribution >= 0.6 is 27.5 Å². The Hall–Kier alpha value is -1.91. The van der Waals surface area contributed by atoms with Crippen LogP contribution in [0.2, 0.25) is 5.02 Å². The number of carbonyl (C=O) groups is 1. The fraction of sp³-hybridized carbons (Fsp3) is 0.111. The van der Waals surface area contributed by atoms with Crippen molar-refractivity contribution in [1.82, 2.24) is 4.98 Å². The number of benzene rings is 2. The van der Waals surface area contributed by atoms with E-state index in [1.807, 2.05) is 36.4 Å². The molecule has 5 heteroatoms. The van der Waals surface area contributed by atoms with Crippen molar-refractivity contribution in [2.45, 2.75) is 6.61 Å². The SMILES string of the molecule is O=C(CBr)c1cccc(OCc2ccc3ccc(Cl)cc3n2)c1. The molecule has 0 N–H and O–H groups in total. The fourth-order valence-electron chi connectivity index (χ4n) is 2.21. The Morgan fingerprint density at radius 2 is 1.96 bits per heavy atom. The Bertz CT molecular complexity index is 867. The molecule has 23 heavy (non-hydrogen) atoms. The molecule has 3 nitrogen and oxygen atoms in total. The highest BCUT2D eigenvalue weighted by molar-refractivity contribution is 9.09. The third kappa shape index (κ3) is 3.89. The minimum Gasteiger partial charge on any atom is -0.487 e. The summed E-state index contributed by atoms with van der Waals surface area (Å²) in [5, 5.41) is 1.98. The second-order valence-electron chi connectivity index (χ2n) is 5.01. The number of pyridine rings is 1. The third-order valence-corrected chi connectivity index (χ3v) is 4.12. The Labute approximate surface area is 147 Å². The van der Waals surface area contributed by atoms with E-state index in [4.69, 9.17) is 16.3 Å². The van der Waals surface area contributed by atoms with Crippen LogP contribution in [0.5, 0.6) is 5.75 Å². The molecule has 0 aliphatic heterocycles. The van der Waals surface area contributed by atoms with Crippen molar-refractivity contribution < 1.29 is 9.53 Å². The van der Waals surface area contributed by atoms with Crippen molar-refractivity contribution in [3.8, 4) is 5.75 Å². The summed E-state index contributed by atoms with van der Waals surface area (Å²) in [6, 6.07) is 16.6. The summed E-state index contributed by atoms with van der Waals surface area (Å²) in [5.74, 6) is 0.665. The molecule has 0 saturated heterocycles. The summed E-state index contributed by atoms with van der Waals surface area (Å²) in [4.78, 5) is 16.2. The van der Waals surface area contributed by atoms with E-state index in [2.05, 4.69) is 20.9 Å². The number of hydrogen-bond donors (Lipinski definition) is 0. The summed E-state index contributed by atoms with van der Waals surface area (Å²) >= 11 is 9.17. The Morgan fingerprint density at radius 1 is 1.13 bits per heavy atom. The number of rotatable bonds is 5. The molecule has 0 saturated carbocycles. The van der Waals surface area contributed by atoms with Crippen molar-refractivity contribution in [2.24, 2.45) is 0 Å². The smallest absolute Gasteiger partial charge is 0.173 e. The molecule has 0 aliphatic rings. The van der Waals surface area contributed by atoms with Gasteiger partial charge in [-0.2, -0.15) is 0 Å². The molecule has 0 bridgehead atoms. The maximum Gasteiger partial charge on any atom is 0.173 e. The average molecular weight is 391 g/mol. The van der Waals surface area contributed by atoms with Crippen LogP contribution in [0.25, 0.3) is 10.9 Å². The van der Waals surface area contributed by atoms with Gasteiger partial charge in [0.05, 0.1) is 16.5 Å². The number of fused-ring (bicyclic) bond motifs is 1. The highest BCUT2D eigenvalue weighted by Gasteiger charge is 2.06. The van der Waals surface area contributed by atoms with Crippen molar-refractivity contribution in [3.63, 3.8) is 0 Å². The van der Waals surface area contributed by atoms with Crippen LogP contribution in [-0.2, 0) is 6.61 Å². The lowest BCUT2D eigenvalue weighted by molar-refractivity contribution is 0.102. The fourth-order valence-corrected chi connectivity index (χ4v) is 2.70. The van der Waals surface area contributed by atoms with Crippen molar-refractivity contribution in [2.75, 3.05) is 5.33 Å². The highest BCUT2D eigenvalue weighted by atomic mass is 79.9. The van der Waals surface area contributed by atoms with E-state index in [1.54, 1.807) is 18.2 Å². The lowest BCUT2D eigenvalue weighted by atomic mass is 10.1. The zero-order valence-electron chi connectivity index (χ0n) is 12.1. The van der Waals surface area contributed by atoms with Gasteiger partial charge in [0.15, 0.2) is 5.78 Å². The van der Waals surface area contributed by atoms with Gasteiger partial charge in [-0.15, -0.1) is 0 Å². The zero-order valence-corrected chi connectivity index (χ0v) is 14.5. The van der Waals surface area contributed by atoms with Crippen LogP contribution in [0.1, 0.15) is 16.1 Å². The Morgan fingerprint density at radius 3 is 2.78 bits per heavy atom. The molecule has 1 heterocycles. The van der Waals surface area contributed by atoms with Gasteiger partial charge >= 0.3 is 0 Å². The van der Waals surface area contributed by atoms with Crippen LogP contribution in [0.15, 0.2) is 54.6 Å². The molecule has 3 rings (SSSR count). The predicted octanol–water partition coefficient (Wildman–Crippen LogP) is 5.04. The number of aromatic nitrogens is 1. The number of hydrogen-bond acceptors (Lipinski definition) is 3. The van der Waals surface area contributed by atoms with E-state index in [0.717, 1.165) is 16.6 Å². The number of ether oxygens (including phenoxy) is 1. The lowest BCUT2D eigenvalue weighted by Crippen LogP contribution is -2.02. The molecule has 0 fully saturated rings. The summed E-state index contributed by atoms with van der Waals surface area (Å²) in [6.45, 7) is 0.328. The summed E-state index contributed by atoms with van der Waals surface area (Å²) < 4.78 is 5.74. The summed E-state index contributed by atoms with van der Waals surface area (Å²) in [5.41, 5.74) is 2.26. The molecule has 0 amide bonds. The molecule has 116 valence electrons. The molecule has 3 aromatic rings. The van der Waals surface area contributed by atoms with Crippen molar-refractivity contribution in [3.05, 3.63) is 70.9 Å². The van der Waals surface area contributed by atoms with Gasteiger partial charge in [-0.1, -0.05) is 51.8 Å². The summed E-state index contributed by atoms with van der Waals surface area (Å²) in [7, 11) is 0. The van der Waals surface area contributed by atoms with Gasteiger partial charge in [0, 0.05) is 16.0 Å². The van der Waals surface area contributed by atoms with Crippen LogP contribution in [0, 0.1) is 0 Å². The number of carbonyl (C=O) groups excluding carboxylic acids is 1. The summed E-state index contributed by atoms with van der Waals surface area (Å²) in [6.07, 6.45) is 0. The monoisotopic (exact) mass is 389 g/mol. The maximum atomic E-state index is 11.7. The Kier molecular flexibility index (Phi) is 4.94. The van der Waals surface area contributed by atoms with Gasteiger partial charge in [0.25, 0.3) is 0 Å². The van der Waals surface area contributed by atoms with Gasteiger partial charge < -0.3 is 4.74 Å². The number of nitrogens with zero attached hydrogens (tertiary/aromatic N) is 1. The number of ketones is 1. The Balaban J connectivity index is 1.76. The normalized spacial score (nSPS) is 10.7. The van der Waals surface area contributed by atoms with E-state index < -0.39 is 0 Å². The minimum absolute atomic E-state index is 0.0222. The quantitative estimate of drug-likeness (QED) is 0.452. The second kappa shape index (κ2) is 7.11. The van der Waals surface area contributed by atoms with E-state index in [-0.39, 0.29) is 5.78 Å². The first kappa shape index (κ1) is 16.0. The van der Waals surface area contributed by atoms with Crippen molar-refractivity contribution >= 4 is 44.2 Å². The topological polar surface area (TPSA) is 39.2 Å². The second-order valence-corrected chi connectivity index (χ2v) is 6.01. The molecule has 1 aromatic heterocycles. The first-order chi connectivity index (χ1) is 11.2. The van der Waals surface area contributed by atoms with Gasteiger partial charge in [-0.3, -0.25) is 4.79 Å². The first-order valence-electron chi connectivity index (χ1n) is 7.03. The van der Waals surface area contributed by atoms with Gasteiger partial charge in [-0.25, -0.2) is 4.98 Å². The highest BCUT2D eigenvalue weighted by Crippen LogP contribution is 2.19.